The monoisotopic (exact) mass is 575 g/mol. The van der Waals surface area contributed by atoms with Crippen molar-refractivity contribution in [2.75, 3.05) is 4.90 Å². The lowest BCUT2D eigenvalue weighted by atomic mass is 9.87. The molecule has 0 unspecified atom stereocenters. The van der Waals surface area contributed by atoms with E-state index in [-0.39, 0.29) is 42.2 Å². The van der Waals surface area contributed by atoms with Gasteiger partial charge in [-0.05, 0) is 39.8 Å². The van der Waals surface area contributed by atoms with Crippen molar-refractivity contribution in [3.63, 3.8) is 0 Å². The zero-order valence-electron chi connectivity index (χ0n) is 23.7. The van der Waals surface area contributed by atoms with Crippen LogP contribution in [0.5, 0.6) is 5.75 Å². The van der Waals surface area contributed by atoms with E-state index in [1.165, 1.54) is 18.2 Å². The number of anilines is 1. The third-order valence-corrected chi connectivity index (χ3v) is 6.60. The largest absolute Gasteiger partial charge is 0.488 e. The highest BCUT2D eigenvalue weighted by atomic mass is 19.4. The predicted octanol–water partition coefficient (Wildman–Crippen LogP) is 8.02. The van der Waals surface area contributed by atoms with Crippen LogP contribution in [0.4, 0.5) is 18.9 Å². The van der Waals surface area contributed by atoms with Crippen molar-refractivity contribution in [3.8, 4) is 5.75 Å². The third-order valence-electron chi connectivity index (χ3n) is 6.60. The molecule has 8 heteroatoms. The first-order valence-corrected chi connectivity index (χ1v) is 13.4. The third kappa shape index (κ3) is 8.00. The summed E-state index contributed by atoms with van der Waals surface area (Å²) < 4.78 is 52.7. The Kier molecular flexibility index (Phi) is 9.35. The average molecular weight is 576 g/mol. The van der Waals surface area contributed by atoms with E-state index >= 15 is 0 Å². The number of esters is 1. The van der Waals surface area contributed by atoms with Crippen LogP contribution in [0, 0.1) is 0 Å². The zero-order chi connectivity index (χ0) is 30.3. The summed E-state index contributed by atoms with van der Waals surface area (Å²) in [6.07, 6.45) is -5.12. The van der Waals surface area contributed by atoms with Crippen LogP contribution in [-0.2, 0) is 34.7 Å². The molecule has 42 heavy (non-hydrogen) atoms. The molecule has 4 rings (SSSR count). The summed E-state index contributed by atoms with van der Waals surface area (Å²) in [5.41, 5.74) is 2.89. The molecule has 0 bridgehead atoms. The minimum atomic E-state index is -5.12. The van der Waals surface area contributed by atoms with Crippen LogP contribution in [0.1, 0.15) is 53.4 Å². The molecule has 4 aromatic carbocycles. The highest BCUT2D eigenvalue weighted by Gasteiger charge is 2.43. The SMILES string of the molecule is CC(C)(C)c1ccc(CN(C(=O)C(F)(F)F)c2ccc(C(=O)OCc3ccccc3)c(OCc3ccccc3)c2)cc1. The lowest BCUT2D eigenvalue weighted by molar-refractivity contribution is -0.170. The Morgan fingerprint density at radius 2 is 1.29 bits per heavy atom. The van der Waals surface area contributed by atoms with E-state index < -0.39 is 18.1 Å². The summed E-state index contributed by atoms with van der Waals surface area (Å²) in [5, 5.41) is 0. The minimum Gasteiger partial charge on any atom is -0.488 e. The number of carbonyl (C=O) groups excluding carboxylic acids is 2. The van der Waals surface area contributed by atoms with Gasteiger partial charge in [-0.15, -0.1) is 0 Å². The molecule has 218 valence electrons. The summed E-state index contributed by atoms with van der Waals surface area (Å²) in [4.78, 5) is 26.3. The summed E-state index contributed by atoms with van der Waals surface area (Å²) >= 11 is 0. The van der Waals surface area contributed by atoms with Gasteiger partial charge in [-0.2, -0.15) is 13.2 Å². The second kappa shape index (κ2) is 12.9. The molecule has 4 aromatic rings. The van der Waals surface area contributed by atoms with Gasteiger partial charge >= 0.3 is 18.1 Å². The highest BCUT2D eigenvalue weighted by molar-refractivity contribution is 5.99. The van der Waals surface area contributed by atoms with Crippen LogP contribution >= 0.6 is 0 Å². The topological polar surface area (TPSA) is 55.8 Å². The minimum absolute atomic E-state index is 0.00234. The van der Waals surface area contributed by atoms with Crippen molar-refractivity contribution in [1.82, 2.24) is 0 Å². The second-order valence-corrected chi connectivity index (χ2v) is 10.9. The molecule has 5 nitrogen and oxygen atoms in total. The molecule has 0 radical (unpaired) electrons. The molecule has 0 aliphatic heterocycles. The first-order chi connectivity index (χ1) is 19.9. The first-order valence-electron chi connectivity index (χ1n) is 13.4. The predicted molar refractivity (Wildman–Crippen MR) is 155 cm³/mol. The van der Waals surface area contributed by atoms with Gasteiger partial charge in [0.1, 0.15) is 24.5 Å². The van der Waals surface area contributed by atoms with E-state index in [9.17, 15) is 22.8 Å². The number of hydrogen-bond donors (Lipinski definition) is 0. The molecule has 0 spiro atoms. The van der Waals surface area contributed by atoms with Crippen LogP contribution in [0.15, 0.2) is 103 Å². The van der Waals surface area contributed by atoms with Gasteiger partial charge in [-0.3, -0.25) is 4.79 Å². The van der Waals surface area contributed by atoms with E-state index in [0.717, 1.165) is 16.7 Å². The fourth-order valence-electron chi connectivity index (χ4n) is 4.23. The summed E-state index contributed by atoms with van der Waals surface area (Å²) in [6, 6.07) is 29.2. The van der Waals surface area contributed by atoms with Crippen LogP contribution in [-0.4, -0.2) is 18.1 Å². The molecule has 1 amide bonds. The average Bonchev–Trinajstić information content (AvgIpc) is 2.97. The van der Waals surface area contributed by atoms with E-state index in [0.29, 0.717) is 10.5 Å². The number of halogens is 3. The van der Waals surface area contributed by atoms with Crippen molar-refractivity contribution in [3.05, 3.63) is 131 Å². The second-order valence-electron chi connectivity index (χ2n) is 10.9. The van der Waals surface area contributed by atoms with Crippen molar-refractivity contribution < 1.29 is 32.2 Å². The van der Waals surface area contributed by atoms with Crippen LogP contribution < -0.4 is 9.64 Å². The van der Waals surface area contributed by atoms with Crippen LogP contribution in [0.25, 0.3) is 0 Å². The van der Waals surface area contributed by atoms with E-state index in [1.54, 1.807) is 24.3 Å². The number of nitrogens with zero attached hydrogens (tertiary/aromatic N) is 1. The molecule has 0 saturated heterocycles. The smallest absolute Gasteiger partial charge is 0.471 e. The Labute approximate surface area is 243 Å². The first kappa shape index (κ1) is 30.4. The molecular weight excluding hydrogens is 543 g/mol. The van der Waals surface area contributed by atoms with Gasteiger partial charge in [-0.25, -0.2) is 4.79 Å². The lowest BCUT2D eigenvalue weighted by Crippen LogP contribution is -2.40. The Balaban J connectivity index is 1.67. The van der Waals surface area contributed by atoms with Gasteiger partial charge < -0.3 is 14.4 Å². The summed E-state index contributed by atoms with van der Waals surface area (Å²) in [5.74, 6) is -2.74. The van der Waals surface area contributed by atoms with Crippen molar-refractivity contribution in [2.24, 2.45) is 0 Å². The number of rotatable bonds is 9. The summed E-state index contributed by atoms with van der Waals surface area (Å²) in [6.45, 7) is 5.81. The molecule has 0 saturated carbocycles. The normalized spacial score (nSPS) is 11.6. The molecule has 0 N–H and O–H groups in total. The molecule has 0 aromatic heterocycles. The maximum Gasteiger partial charge on any atom is 0.471 e. The maximum atomic E-state index is 13.8. The van der Waals surface area contributed by atoms with Crippen LogP contribution in [0.3, 0.4) is 0 Å². The maximum absolute atomic E-state index is 13.8. The van der Waals surface area contributed by atoms with Gasteiger partial charge in [0.15, 0.2) is 0 Å². The van der Waals surface area contributed by atoms with E-state index in [1.807, 2.05) is 81.4 Å². The highest BCUT2D eigenvalue weighted by Crippen LogP contribution is 2.32. The molecule has 0 aliphatic rings. The standard InChI is InChI=1S/C34H32F3NO4/c1-33(2,3)27-16-14-24(15-17-27)21-38(32(40)34(35,36)37)28-18-19-29(31(39)42-23-26-12-8-5-9-13-26)30(20-28)41-22-25-10-6-4-7-11-25/h4-20H,21-23H2,1-3H3. The number of hydrogen-bond acceptors (Lipinski definition) is 4. The van der Waals surface area contributed by atoms with Gasteiger partial charge in [0.2, 0.25) is 0 Å². The van der Waals surface area contributed by atoms with Crippen molar-refractivity contribution in [2.45, 2.75) is 52.1 Å². The van der Waals surface area contributed by atoms with Gasteiger partial charge in [0.25, 0.3) is 0 Å². The Morgan fingerprint density at radius 3 is 1.83 bits per heavy atom. The fraction of sp³-hybridized carbons (Fsp3) is 0.235. The molecule has 0 atom stereocenters. The Hall–Kier alpha value is -4.59. The number of benzene rings is 4. The zero-order valence-corrected chi connectivity index (χ0v) is 23.7. The molecule has 0 aliphatic carbocycles. The lowest BCUT2D eigenvalue weighted by Gasteiger charge is -2.26. The fourth-order valence-corrected chi connectivity index (χ4v) is 4.23. The number of amides is 1. The Morgan fingerprint density at radius 1 is 0.714 bits per heavy atom. The van der Waals surface area contributed by atoms with Crippen molar-refractivity contribution in [1.29, 1.82) is 0 Å². The van der Waals surface area contributed by atoms with Crippen LogP contribution in [0.2, 0.25) is 0 Å². The van der Waals surface area contributed by atoms with Gasteiger partial charge in [0, 0.05) is 11.8 Å². The van der Waals surface area contributed by atoms with E-state index in [4.69, 9.17) is 9.47 Å². The Bertz CT molecular complexity index is 1500. The molecule has 0 fully saturated rings. The number of alkyl halides is 3. The molecular formula is C34H32F3NO4. The van der Waals surface area contributed by atoms with E-state index in [2.05, 4.69) is 0 Å². The van der Waals surface area contributed by atoms with Crippen molar-refractivity contribution >= 4 is 17.6 Å². The number of ether oxygens (including phenoxy) is 2. The van der Waals surface area contributed by atoms with Gasteiger partial charge in [0.05, 0.1) is 6.54 Å². The number of carbonyl (C=O) groups is 2. The summed E-state index contributed by atoms with van der Waals surface area (Å²) in [7, 11) is 0. The van der Waals surface area contributed by atoms with Gasteiger partial charge in [-0.1, -0.05) is 106 Å². The quantitative estimate of drug-likeness (QED) is 0.190. The molecule has 0 heterocycles.